The fourth-order valence-corrected chi connectivity index (χ4v) is 4.44. The number of nitrogens with zero attached hydrogens (tertiary/aromatic N) is 1. The molecule has 1 unspecified atom stereocenters. The van der Waals surface area contributed by atoms with Gasteiger partial charge in [-0.2, -0.15) is 0 Å². The molecular formula is C27H28BrClN2O2. The van der Waals surface area contributed by atoms with E-state index in [0.29, 0.717) is 31.0 Å². The lowest BCUT2D eigenvalue weighted by molar-refractivity contribution is -0.141. The van der Waals surface area contributed by atoms with Crippen molar-refractivity contribution in [3.63, 3.8) is 0 Å². The highest BCUT2D eigenvalue weighted by Gasteiger charge is 2.30. The van der Waals surface area contributed by atoms with E-state index in [2.05, 4.69) is 21.2 Å². The molecule has 3 aromatic rings. The SMILES string of the molecule is CCNC(=O)C(Cc1ccccc1)N(Cc1cccc(Br)c1)C(=O)CCc1ccccc1Cl. The fourth-order valence-electron chi connectivity index (χ4n) is 3.76. The van der Waals surface area contributed by atoms with E-state index in [-0.39, 0.29) is 18.2 Å². The molecule has 172 valence electrons. The number of halogens is 2. The Balaban J connectivity index is 1.90. The van der Waals surface area contributed by atoms with Crippen molar-refractivity contribution in [2.24, 2.45) is 0 Å². The molecule has 3 aromatic carbocycles. The molecule has 1 atom stereocenters. The van der Waals surface area contributed by atoms with Gasteiger partial charge in [-0.05, 0) is 48.2 Å². The normalized spacial score (nSPS) is 11.6. The first-order chi connectivity index (χ1) is 16.0. The van der Waals surface area contributed by atoms with Gasteiger partial charge in [0, 0.05) is 35.4 Å². The highest BCUT2D eigenvalue weighted by molar-refractivity contribution is 9.10. The van der Waals surface area contributed by atoms with Crippen LogP contribution in [-0.2, 0) is 29.0 Å². The first kappa shape index (κ1) is 25.0. The van der Waals surface area contributed by atoms with Gasteiger partial charge in [0.25, 0.3) is 0 Å². The Kier molecular flexibility index (Phi) is 9.52. The van der Waals surface area contributed by atoms with Gasteiger partial charge in [-0.3, -0.25) is 9.59 Å². The van der Waals surface area contributed by atoms with Crippen LogP contribution in [0.1, 0.15) is 30.0 Å². The average molecular weight is 528 g/mol. The Morgan fingerprint density at radius 2 is 1.67 bits per heavy atom. The van der Waals surface area contributed by atoms with Crippen LogP contribution in [0, 0.1) is 0 Å². The van der Waals surface area contributed by atoms with Gasteiger partial charge in [-0.15, -0.1) is 0 Å². The summed E-state index contributed by atoms with van der Waals surface area (Å²) in [5, 5.41) is 3.56. The van der Waals surface area contributed by atoms with Crippen molar-refractivity contribution in [3.05, 3.63) is 105 Å². The number of hydrogen-bond acceptors (Lipinski definition) is 2. The molecule has 0 radical (unpaired) electrons. The molecule has 0 saturated carbocycles. The van der Waals surface area contributed by atoms with Crippen molar-refractivity contribution in [2.45, 2.75) is 38.8 Å². The van der Waals surface area contributed by atoms with Crippen LogP contribution in [0.3, 0.4) is 0 Å². The molecule has 2 amide bonds. The second kappa shape index (κ2) is 12.6. The summed E-state index contributed by atoms with van der Waals surface area (Å²) in [6.07, 6.45) is 1.22. The Hall–Kier alpha value is -2.63. The van der Waals surface area contributed by atoms with Crippen molar-refractivity contribution in [2.75, 3.05) is 6.54 Å². The fraction of sp³-hybridized carbons (Fsp3) is 0.259. The molecule has 0 fully saturated rings. The molecule has 0 heterocycles. The first-order valence-corrected chi connectivity index (χ1v) is 12.2. The smallest absolute Gasteiger partial charge is 0.243 e. The molecule has 0 aromatic heterocycles. The van der Waals surface area contributed by atoms with Crippen molar-refractivity contribution < 1.29 is 9.59 Å². The monoisotopic (exact) mass is 526 g/mol. The van der Waals surface area contributed by atoms with Gasteiger partial charge in [0.15, 0.2) is 0 Å². The second-order valence-corrected chi connectivity index (χ2v) is 9.17. The molecule has 0 spiro atoms. The number of aryl methyl sites for hydroxylation is 1. The summed E-state index contributed by atoms with van der Waals surface area (Å²) in [5.41, 5.74) is 2.89. The summed E-state index contributed by atoms with van der Waals surface area (Å²) in [4.78, 5) is 28.4. The van der Waals surface area contributed by atoms with Crippen LogP contribution >= 0.6 is 27.5 Å². The van der Waals surface area contributed by atoms with Crippen molar-refractivity contribution in [1.29, 1.82) is 0 Å². The minimum Gasteiger partial charge on any atom is -0.355 e. The predicted molar refractivity (Wildman–Crippen MR) is 137 cm³/mol. The van der Waals surface area contributed by atoms with Crippen LogP contribution < -0.4 is 5.32 Å². The molecule has 4 nitrogen and oxygen atoms in total. The lowest BCUT2D eigenvalue weighted by atomic mass is 10.0. The summed E-state index contributed by atoms with van der Waals surface area (Å²) in [7, 11) is 0. The molecule has 0 aliphatic heterocycles. The Bertz CT molecular complexity index is 1070. The van der Waals surface area contributed by atoms with E-state index in [9.17, 15) is 9.59 Å². The van der Waals surface area contributed by atoms with Gasteiger partial charge in [-0.1, -0.05) is 88.2 Å². The summed E-state index contributed by atoms with van der Waals surface area (Å²) >= 11 is 9.81. The van der Waals surface area contributed by atoms with Crippen LogP contribution in [0.25, 0.3) is 0 Å². The summed E-state index contributed by atoms with van der Waals surface area (Å²) in [6, 6.07) is 24.6. The van der Waals surface area contributed by atoms with Crippen LogP contribution in [0.2, 0.25) is 5.02 Å². The Morgan fingerprint density at radius 3 is 2.36 bits per heavy atom. The lowest BCUT2D eigenvalue weighted by Crippen LogP contribution is -2.50. The van der Waals surface area contributed by atoms with Gasteiger partial charge < -0.3 is 10.2 Å². The maximum atomic E-state index is 13.5. The summed E-state index contributed by atoms with van der Waals surface area (Å²) < 4.78 is 0.932. The molecule has 3 rings (SSSR count). The zero-order valence-corrected chi connectivity index (χ0v) is 21.0. The van der Waals surface area contributed by atoms with E-state index in [1.54, 1.807) is 4.90 Å². The van der Waals surface area contributed by atoms with E-state index >= 15 is 0 Å². The molecule has 6 heteroatoms. The third kappa shape index (κ3) is 7.44. The number of carbonyl (C=O) groups excluding carboxylic acids is 2. The molecule has 0 bridgehead atoms. The zero-order chi connectivity index (χ0) is 23.6. The van der Waals surface area contributed by atoms with Gasteiger partial charge in [-0.25, -0.2) is 0 Å². The number of amides is 2. The van der Waals surface area contributed by atoms with E-state index in [1.807, 2.05) is 85.8 Å². The maximum absolute atomic E-state index is 13.5. The second-order valence-electron chi connectivity index (χ2n) is 7.84. The highest BCUT2D eigenvalue weighted by atomic mass is 79.9. The number of nitrogens with one attached hydrogen (secondary N) is 1. The average Bonchev–Trinajstić information content (AvgIpc) is 2.81. The molecule has 33 heavy (non-hydrogen) atoms. The lowest BCUT2D eigenvalue weighted by Gasteiger charge is -2.31. The number of carbonyl (C=O) groups is 2. The first-order valence-electron chi connectivity index (χ1n) is 11.1. The standard InChI is InChI=1S/C27H28BrClN2O2/c1-2-30-27(33)25(18-20-9-4-3-5-10-20)31(19-21-11-8-13-23(28)17-21)26(32)16-15-22-12-6-7-14-24(22)29/h3-14,17,25H,2,15-16,18-19H2,1H3,(H,30,33). The van der Waals surface area contributed by atoms with Crippen molar-refractivity contribution in [3.8, 4) is 0 Å². The van der Waals surface area contributed by atoms with Crippen molar-refractivity contribution >= 4 is 39.3 Å². The number of rotatable bonds is 10. The van der Waals surface area contributed by atoms with E-state index in [1.165, 1.54) is 0 Å². The molecule has 0 aliphatic rings. The van der Waals surface area contributed by atoms with Gasteiger partial charge in [0.05, 0.1) is 0 Å². The van der Waals surface area contributed by atoms with Crippen LogP contribution in [0.4, 0.5) is 0 Å². The Labute approximate surface area is 209 Å². The van der Waals surface area contributed by atoms with Crippen molar-refractivity contribution in [1.82, 2.24) is 10.2 Å². The van der Waals surface area contributed by atoms with Crippen LogP contribution in [0.15, 0.2) is 83.3 Å². The predicted octanol–water partition coefficient (Wildman–Crippen LogP) is 5.81. The number of benzene rings is 3. The third-order valence-electron chi connectivity index (χ3n) is 5.43. The quantitative estimate of drug-likeness (QED) is 0.362. The number of hydrogen-bond donors (Lipinski definition) is 1. The van der Waals surface area contributed by atoms with Crippen LogP contribution in [-0.4, -0.2) is 29.3 Å². The van der Waals surface area contributed by atoms with Gasteiger partial charge >= 0.3 is 0 Å². The molecular weight excluding hydrogens is 500 g/mol. The van der Waals surface area contributed by atoms with E-state index in [4.69, 9.17) is 11.6 Å². The van der Waals surface area contributed by atoms with Gasteiger partial charge in [0.1, 0.15) is 6.04 Å². The van der Waals surface area contributed by atoms with Gasteiger partial charge in [0.2, 0.25) is 11.8 Å². The minimum atomic E-state index is -0.620. The van der Waals surface area contributed by atoms with Crippen LogP contribution in [0.5, 0.6) is 0 Å². The van der Waals surface area contributed by atoms with E-state index in [0.717, 1.165) is 21.2 Å². The summed E-state index contributed by atoms with van der Waals surface area (Å²) in [6.45, 7) is 2.73. The number of likely N-dealkylation sites (N-methyl/N-ethyl adjacent to an activating group) is 1. The van der Waals surface area contributed by atoms with E-state index < -0.39 is 6.04 Å². The largest absolute Gasteiger partial charge is 0.355 e. The highest BCUT2D eigenvalue weighted by Crippen LogP contribution is 2.21. The molecule has 0 saturated heterocycles. The zero-order valence-electron chi connectivity index (χ0n) is 18.6. The topological polar surface area (TPSA) is 49.4 Å². The third-order valence-corrected chi connectivity index (χ3v) is 6.29. The molecule has 0 aliphatic carbocycles. The maximum Gasteiger partial charge on any atom is 0.243 e. The summed E-state index contributed by atoms with van der Waals surface area (Å²) in [5.74, 6) is -0.232. The minimum absolute atomic E-state index is 0.0814. The Morgan fingerprint density at radius 1 is 0.970 bits per heavy atom. The molecule has 1 N–H and O–H groups in total.